The number of carbonyl (C=O) groups is 1. The van der Waals surface area contributed by atoms with Gasteiger partial charge in [0.2, 0.25) is 5.91 Å². The summed E-state index contributed by atoms with van der Waals surface area (Å²) in [5.74, 6) is -0.222. The topological polar surface area (TPSA) is 41.4 Å². The van der Waals surface area contributed by atoms with E-state index in [0.29, 0.717) is 43.3 Å². The Morgan fingerprint density at radius 1 is 1.25 bits per heavy atom. The fraction of sp³-hybridized carbons (Fsp3) is 0.412. The summed E-state index contributed by atoms with van der Waals surface area (Å²) in [5, 5.41) is 4.59. The maximum atomic E-state index is 13.9. The predicted octanol–water partition coefficient (Wildman–Crippen LogP) is 2.33. The van der Waals surface area contributed by atoms with E-state index >= 15 is 0 Å². The molecule has 0 radical (unpaired) electrons. The van der Waals surface area contributed by atoms with E-state index < -0.39 is 0 Å². The quantitative estimate of drug-likeness (QED) is 0.849. The first-order valence-electron chi connectivity index (χ1n) is 7.96. The van der Waals surface area contributed by atoms with Crippen molar-refractivity contribution in [2.24, 2.45) is 0 Å². The van der Waals surface area contributed by atoms with E-state index in [-0.39, 0.29) is 18.3 Å². The zero-order valence-electron chi connectivity index (χ0n) is 13.6. The van der Waals surface area contributed by atoms with Gasteiger partial charge in [-0.05, 0) is 25.1 Å². The number of rotatable bonds is 4. The van der Waals surface area contributed by atoms with Gasteiger partial charge in [-0.3, -0.25) is 14.4 Å². The molecular formula is C17H20ClFN4O. The molecule has 1 aromatic carbocycles. The van der Waals surface area contributed by atoms with E-state index in [1.165, 1.54) is 6.07 Å². The number of halogens is 2. The first-order chi connectivity index (χ1) is 11.5. The number of aromatic nitrogens is 2. The van der Waals surface area contributed by atoms with Crippen molar-refractivity contribution in [2.75, 3.05) is 26.2 Å². The third kappa shape index (κ3) is 3.76. The highest BCUT2D eigenvalue weighted by Crippen LogP contribution is 2.21. The fourth-order valence-corrected chi connectivity index (χ4v) is 3.08. The lowest BCUT2D eigenvalue weighted by Crippen LogP contribution is -2.49. The molecule has 0 spiro atoms. The third-order valence-corrected chi connectivity index (χ3v) is 4.74. The van der Waals surface area contributed by atoms with Crippen LogP contribution >= 0.6 is 11.6 Å². The van der Waals surface area contributed by atoms with E-state index in [2.05, 4.69) is 10.00 Å². The Hall–Kier alpha value is -1.92. The summed E-state index contributed by atoms with van der Waals surface area (Å²) in [4.78, 5) is 16.3. The zero-order valence-corrected chi connectivity index (χ0v) is 14.3. The molecule has 0 atom stereocenters. The zero-order chi connectivity index (χ0) is 17.1. The lowest BCUT2D eigenvalue weighted by atomic mass is 10.2. The number of nitrogens with zero attached hydrogens (tertiary/aromatic N) is 4. The Balaban J connectivity index is 1.54. The Bertz CT molecular complexity index is 705. The molecule has 24 heavy (non-hydrogen) atoms. The average Bonchev–Trinajstić information content (AvgIpc) is 2.97. The van der Waals surface area contributed by atoms with Crippen LogP contribution in [0, 0.1) is 12.7 Å². The van der Waals surface area contributed by atoms with Gasteiger partial charge in [0.1, 0.15) is 12.4 Å². The second kappa shape index (κ2) is 7.32. The van der Waals surface area contributed by atoms with Gasteiger partial charge in [-0.25, -0.2) is 4.39 Å². The number of hydrogen-bond acceptors (Lipinski definition) is 3. The Morgan fingerprint density at radius 2 is 2.00 bits per heavy atom. The van der Waals surface area contributed by atoms with Gasteiger partial charge in [0.25, 0.3) is 0 Å². The SMILES string of the molecule is Cc1ccnn1CC(=O)N1CCN(Cc2c(F)cccc2Cl)CC1. The van der Waals surface area contributed by atoms with Crippen LogP contribution in [0.15, 0.2) is 30.5 Å². The number of aryl methyl sites for hydroxylation is 1. The summed E-state index contributed by atoms with van der Waals surface area (Å²) in [6, 6.07) is 6.61. The van der Waals surface area contributed by atoms with Crippen LogP contribution in [0.4, 0.5) is 4.39 Å². The van der Waals surface area contributed by atoms with Crippen LogP contribution in [0.3, 0.4) is 0 Å². The fourth-order valence-electron chi connectivity index (χ4n) is 2.85. The minimum Gasteiger partial charge on any atom is -0.339 e. The molecule has 1 aliphatic rings. The van der Waals surface area contributed by atoms with Gasteiger partial charge in [0, 0.05) is 55.2 Å². The molecule has 3 rings (SSSR count). The van der Waals surface area contributed by atoms with Crippen LogP contribution in [0.25, 0.3) is 0 Å². The molecule has 1 aliphatic heterocycles. The summed E-state index contributed by atoms with van der Waals surface area (Å²) in [6.07, 6.45) is 1.69. The molecule has 0 bridgehead atoms. The van der Waals surface area contributed by atoms with E-state index in [0.717, 1.165) is 5.69 Å². The number of carbonyl (C=O) groups excluding carboxylic acids is 1. The van der Waals surface area contributed by atoms with Gasteiger partial charge in [0.05, 0.1) is 0 Å². The van der Waals surface area contributed by atoms with Crippen molar-refractivity contribution in [3.63, 3.8) is 0 Å². The summed E-state index contributed by atoms with van der Waals surface area (Å²) >= 11 is 6.08. The first kappa shape index (κ1) is 16.9. The molecule has 5 nitrogen and oxygen atoms in total. The summed E-state index contributed by atoms with van der Waals surface area (Å²) in [7, 11) is 0. The molecule has 128 valence electrons. The average molecular weight is 351 g/mol. The van der Waals surface area contributed by atoms with Crippen LogP contribution in [-0.2, 0) is 17.9 Å². The van der Waals surface area contributed by atoms with Crippen molar-refractivity contribution >= 4 is 17.5 Å². The van der Waals surface area contributed by atoms with Crippen molar-refractivity contribution in [1.29, 1.82) is 0 Å². The Labute approximate surface area is 145 Å². The molecule has 7 heteroatoms. The first-order valence-corrected chi connectivity index (χ1v) is 8.34. The van der Waals surface area contributed by atoms with Crippen molar-refractivity contribution in [1.82, 2.24) is 19.6 Å². The van der Waals surface area contributed by atoms with Crippen molar-refractivity contribution in [3.05, 3.63) is 52.6 Å². The maximum Gasteiger partial charge on any atom is 0.244 e. The summed E-state index contributed by atoms with van der Waals surface area (Å²) in [5.41, 5.74) is 1.49. The van der Waals surface area contributed by atoms with Crippen LogP contribution < -0.4 is 0 Å². The molecule has 2 aromatic rings. The van der Waals surface area contributed by atoms with Gasteiger partial charge < -0.3 is 4.90 Å². The van der Waals surface area contributed by atoms with E-state index in [9.17, 15) is 9.18 Å². The maximum absolute atomic E-state index is 13.9. The summed E-state index contributed by atoms with van der Waals surface area (Å²) < 4.78 is 15.6. The van der Waals surface area contributed by atoms with Crippen LogP contribution in [-0.4, -0.2) is 51.7 Å². The lowest BCUT2D eigenvalue weighted by Gasteiger charge is -2.35. The highest BCUT2D eigenvalue weighted by Gasteiger charge is 2.23. The molecule has 1 saturated heterocycles. The minimum absolute atomic E-state index is 0.0605. The van der Waals surface area contributed by atoms with Gasteiger partial charge in [-0.2, -0.15) is 5.10 Å². The Kier molecular flexibility index (Phi) is 5.16. The number of hydrogen-bond donors (Lipinski definition) is 0. The molecule has 0 aliphatic carbocycles. The van der Waals surface area contributed by atoms with Crippen LogP contribution in [0.2, 0.25) is 5.02 Å². The van der Waals surface area contributed by atoms with Crippen molar-refractivity contribution in [2.45, 2.75) is 20.0 Å². The molecule has 0 N–H and O–H groups in total. The highest BCUT2D eigenvalue weighted by molar-refractivity contribution is 6.31. The largest absolute Gasteiger partial charge is 0.339 e. The van der Waals surface area contributed by atoms with Crippen LogP contribution in [0.1, 0.15) is 11.3 Å². The second-order valence-corrected chi connectivity index (χ2v) is 6.39. The number of benzene rings is 1. The summed E-state index contributed by atoms with van der Waals surface area (Å²) in [6.45, 7) is 5.32. The van der Waals surface area contributed by atoms with Crippen molar-refractivity contribution < 1.29 is 9.18 Å². The van der Waals surface area contributed by atoms with Gasteiger partial charge in [-0.15, -0.1) is 0 Å². The molecule has 1 aromatic heterocycles. The second-order valence-electron chi connectivity index (χ2n) is 5.99. The highest BCUT2D eigenvalue weighted by atomic mass is 35.5. The van der Waals surface area contributed by atoms with Gasteiger partial charge in [-0.1, -0.05) is 17.7 Å². The standard InChI is InChI=1S/C17H20ClFN4O/c1-13-5-6-20-23(13)12-17(24)22-9-7-21(8-10-22)11-14-15(18)3-2-4-16(14)19/h2-6H,7-12H2,1H3. The molecule has 1 amide bonds. The normalized spacial score (nSPS) is 15.7. The van der Waals surface area contributed by atoms with Gasteiger partial charge in [0.15, 0.2) is 0 Å². The molecular weight excluding hydrogens is 331 g/mol. The van der Waals surface area contributed by atoms with E-state index in [1.807, 2.05) is 17.9 Å². The molecule has 0 saturated carbocycles. The monoisotopic (exact) mass is 350 g/mol. The molecule has 1 fully saturated rings. The number of piperazine rings is 1. The molecule has 0 unspecified atom stereocenters. The van der Waals surface area contributed by atoms with Gasteiger partial charge >= 0.3 is 0 Å². The molecule has 2 heterocycles. The third-order valence-electron chi connectivity index (χ3n) is 4.38. The smallest absolute Gasteiger partial charge is 0.244 e. The Morgan fingerprint density at radius 3 is 2.62 bits per heavy atom. The van der Waals surface area contributed by atoms with Crippen LogP contribution in [0.5, 0.6) is 0 Å². The lowest BCUT2D eigenvalue weighted by molar-refractivity contribution is -0.133. The van der Waals surface area contributed by atoms with Crippen molar-refractivity contribution in [3.8, 4) is 0 Å². The van der Waals surface area contributed by atoms with E-state index in [1.54, 1.807) is 23.0 Å². The number of amides is 1. The minimum atomic E-state index is -0.282. The van der Waals surface area contributed by atoms with E-state index in [4.69, 9.17) is 11.6 Å². The predicted molar refractivity (Wildman–Crippen MR) is 90.2 cm³/mol.